The molecule has 0 aliphatic carbocycles. The number of aromatic hydroxyl groups is 1. The molecular formula is C11H13N3O3S. The summed E-state index contributed by atoms with van der Waals surface area (Å²) in [6.07, 6.45) is 2.84. The Morgan fingerprint density at radius 3 is 2.83 bits per heavy atom. The van der Waals surface area contributed by atoms with Crippen molar-refractivity contribution < 1.29 is 15.0 Å². The molecule has 18 heavy (non-hydrogen) atoms. The van der Waals surface area contributed by atoms with Crippen molar-refractivity contribution in [2.75, 3.05) is 5.32 Å². The molecule has 1 atom stereocenters. The summed E-state index contributed by atoms with van der Waals surface area (Å²) in [4.78, 5) is 18.9. The molecule has 0 aromatic carbocycles. The van der Waals surface area contributed by atoms with Crippen LogP contribution in [0.4, 0.5) is 5.69 Å². The van der Waals surface area contributed by atoms with Gasteiger partial charge in [-0.1, -0.05) is 11.8 Å². The van der Waals surface area contributed by atoms with E-state index in [0.29, 0.717) is 10.9 Å². The maximum atomic E-state index is 11.1. The Kier molecular flexibility index (Phi) is 3.16. The highest BCUT2D eigenvalue weighted by Gasteiger charge is 2.42. The molecule has 0 radical (unpaired) electrons. The van der Waals surface area contributed by atoms with Crippen molar-refractivity contribution >= 4 is 28.6 Å². The molecule has 3 N–H and O–H groups in total. The quantitative estimate of drug-likeness (QED) is 0.752. The Balaban J connectivity index is 2.20. The van der Waals surface area contributed by atoms with Crippen LogP contribution in [0, 0.1) is 0 Å². The molecule has 1 aliphatic heterocycles. The van der Waals surface area contributed by atoms with Crippen LogP contribution in [-0.4, -0.2) is 37.1 Å². The second-order valence-corrected chi connectivity index (χ2v) is 6.04. The number of aromatic nitrogens is 1. The molecule has 0 amide bonds. The zero-order valence-corrected chi connectivity index (χ0v) is 10.7. The molecule has 6 nitrogen and oxygen atoms in total. The normalized spacial score (nSPS) is 21.4. The average Bonchev–Trinajstić information content (AvgIpc) is 2.57. The predicted molar refractivity (Wildman–Crippen MR) is 70.1 cm³/mol. The molecule has 7 heteroatoms. The van der Waals surface area contributed by atoms with Crippen LogP contribution in [0.5, 0.6) is 5.75 Å². The minimum absolute atomic E-state index is 0.00242. The predicted octanol–water partition coefficient (Wildman–Crippen LogP) is 1.53. The fourth-order valence-corrected chi connectivity index (χ4v) is 2.70. The van der Waals surface area contributed by atoms with Gasteiger partial charge in [-0.2, -0.15) is 0 Å². The molecule has 1 aromatic rings. The number of nitrogens with zero attached hydrogens (tertiary/aromatic N) is 2. The number of rotatable bonds is 2. The van der Waals surface area contributed by atoms with Crippen molar-refractivity contribution in [2.45, 2.75) is 24.6 Å². The third-order valence-corrected chi connectivity index (χ3v) is 3.69. The van der Waals surface area contributed by atoms with Crippen molar-refractivity contribution in [3.8, 4) is 5.75 Å². The lowest BCUT2D eigenvalue weighted by Gasteiger charge is -2.20. The maximum Gasteiger partial charge on any atom is 0.329 e. The van der Waals surface area contributed by atoms with Gasteiger partial charge in [-0.05, 0) is 19.9 Å². The number of hydrogen-bond donors (Lipinski definition) is 3. The van der Waals surface area contributed by atoms with Crippen molar-refractivity contribution in [1.82, 2.24) is 4.98 Å². The van der Waals surface area contributed by atoms with Gasteiger partial charge in [0.2, 0.25) is 0 Å². The van der Waals surface area contributed by atoms with Gasteiger partial charge in [0.1, 0.15) is 0 Å². The van der Waals surface area contributed by atoms with Crippen LogP contribution >= 0.6 is 11.8 Å². The lowest BCUT2D eigenvalue weighted by atomic mass is 10.0. The van der Waals surface area contributed by atoms with Crippen molar-refractivity contribution in [3.63, 3.8) is 0 Å². The summed E-state index contributed by atoms with van der Waals surface area (Å²) in [7, 11) is 0. The summed E-state index contributed by atoms with van der Waals surface area (Å²) in [5, 5.41) is 22.0. The minimum Gasteiger partial charge on any atom is -0.504 e. The molecule has 2 heterocycles. The second kappa shape index (κ2) is 4.49. The third-order valence-electron chi connectivity index (χ3n) is 2.54. The highest BCUT2D eigenvalue weighted by molar-refractivity contribution is 8.15. The third kappa shape index (κ3) is 2.40. The Hall–Kier alpha value is -1.76. The lowest BCUT2D eigenvalue weighted by Crippen LogP contribution is -2.34. The van der Waals surface area contributed by atoms with Gasteiger partial charge in [-0.15, -0.1) is 0 Å². The topological polar surface area (TPSA) is 94.8 Å². The molecule has 1 aromatic heterocycles. The molecule has 0 fully saturated rings. The fraction of sp³-hybridized carbons (Fsp3) is 0.364. The number of carboxylic acids is 1. The number of aliphatic imine (C=N–C) groups is 1. The number of hydrogen-bond acceptors (Lipinski definition) is 6. The van der Waals surface area contributed by atoms with E-state index in [1.54, 1.807) is 6.07 Å². The molecule has 1 unspecified atom stereocenters. The van der Waals surface area contributed by atoms with E-state index in [2.05, 4.69) is 15.3 Å². The van der Waals surface area contributed by atoms with E-state index in [9.17, 15) is 9.90 Å². The summed E-state index contributed by atoms with van der Waals surface area (Å²) < 4.78 is -0.517. The van der Waals surface area contributed by atoms with Gasteiger partial charge in [-0.25, -0.2) is 9.79 Å². The van der Waals surface area contributed by atoms with E-state index in [4.69, 9.17) is 5.11 Å². The van der Waals surface area contributed by atoms with Crippen molar-refractivity contribution in [2.24, 2.45) is 4.99 Å². The van der Waals surface area contributed by atoms with Gasteiger partial charge in [0.15, 0.2) is 17.0 Å². The van der Waals surface area contributed by atoms with Gasteiger partial charge < -0.3 is 15.5 Å². The Morgan fingerprint density at radius 1 is 1.56 bits per heavy atom. The molecule has 1 aliphatic rings. The first-order chi connectivity index (χ1) is 8.40. The second-order valence-electron chi connectivity index (χ2n) is 4.40. The molecule has 96 valence electrons. The van der Waals surface area contributed by atoms with E-state index in [-0.39, 0.29) is 5.75 Å². The Bertz CT molecular complexity index is 516. The summed E-state index contributed by atoms with van der Waals surface area (Å²) in [6.45, 7) is 3.64. The lowest BCUT2D eigenvalue weighted by molar-refractivity contribution is -0.138. The standard InChI is InChI=1S/C11H13N3O3S/c1-11(2)8(9(16)17)14-10(18-11)13-6-3-4-12-5-7(6)15/h3-5,8,15H,1-2H3,(H,16,17)(H,12,13,14). The van der Waals surface area contributed by atoms with E-state index < -0.39 is 16.8 Å². The average molecular weight is 267 g/mol. The van der Waals surface area contributed by atoms with Gasteiger partial charge in [-0.3, -0.25) is 4.98 Å². The van der Waals surface area contributed by atoms with Crippen LogP contribution in [0.3, 0.4) is 0 Å². The van der Waals surface area contributed by atoms with Crippen LogP contribution in [0.2, 0.25) is 0 Å². The Morgan fingerprint density at radius 2 is 2.28 bits per heavy atom. The molecular weight excluding hydrogens is 254 g/mol. The summed E-state index contributed by atoms with van der Waals surface area (Å²) in [6, 6.07) is 0.799. The van der Waals surface area contributed by atoms with Gasteiger partial charge in [0.25, 0.3) is 0 Å². The molecule has 0 bridgehead atoms. The number of thioether (sulfide) groups is 1. The zero-order valence-electron chi connectivity index (χ0n) is 9.91. The molecule has 0 saturated carbocycles. The number of amidine groups is 1. The van der Waals surface area contributed by atoms with Gasteiger partial charge in [0.05, 0.1) is 16.6 Å². The summed E-state index contributed by atoms with van der Waals surface area (Å²) in [5.41, 5.74) is 0.457. The summed E-state index contributed by atoms with van der Waals surface area (Å²) >= 11 is 1.33. The molecule has 2 rings (SSSR count). The SMILES string of the molecule is CC1(C)SC(Nc2ccncc2O)=NC1C(=O)O. The van der Waals surface area contributed by atoms with Gasteiger partial charge in [0, 0.05) is 6.20 Å². The van der Waals surface area contributed by atoms with Crippen molar-refractivity contribution in [1.29, 1.82) is 0 Å². The molecule has 0 spiro atoms. The number of carboxylic acid groups (broad SMARTS) is 1. The monoisotopic (exact) mass is 267 g/mol. The van der Waals surface area contributed by atoms with E-state index in [1.165, 1.54) is 24.2 Å². The van der Waals surface area contributed by atoms with Crippen molar-refractivity contribution in [3.05, 3.63) is 18.5 Å². The van der Waals surface area contributed by atoms with Crippen LogP contribution in [0.15, 0.2) is 23.5 Å². The van der Waals surface area contributed by atoms with E-state index in [0.717, 1.165) is 0 Å². The summed E-state index contributed by atoms with van der Waals surface area (Å²) in [5.74, 6) is -0.958. The number of aliphatic carboxylic acids is 1. The first-order valence-corrected chi connectivity index (χ1v) is 6.11. The van der Waals surface area contributed by atoms with Gasteiger partial charge >= 0.3 is 5.97 Å². The van der Waals surface area contributed by atoms with Crippen LogP contribution in [-0.2, 0) is 4.79 Å². The zero-order chi connectivity index (χ0) is 13.3. The first kappa shape index (κ1) is 12.7. The minimum atomic E-state index is -0.955. The number of carbonyl (C=O) groups is 1. The smallest absolute Gasteiger partial charge is 0.329 e. The van der Waals surface area contributed by atoms with Crippen LogP contribution < -0.4 is 5.32 Å². The first-order valence-electron chi connectivity index (χ1n) is 5.30. The largest absolute Gasteiger partial charge is 0.504 e. The Labute approximate surface area is 108 Å². The fourth-order valence-electron chi connectivity index (χ4n) is 1.62. The van der Waals surface area contributed by atoms with E-state index >= 15 is 0 Å². The maximum absolute atomic E-state index is 11.1. The molecule has 0 saturated heterocycles. The number of anilines is 1. The number of nitrogens with one attached hydrogen (secondary N) is 1. The number of pyridine rings is 1. The van der Waals surface area contributed by atoms with Crippen LogP contribution in [0.1, 0.15) is 13.8 Å². The highest BCUT2D eigenvalue weighted by Crippen LogP contribution is 2.38. The highest BCUT2D eigenvalue weighted by atomic mass is 32.2. The van der Waals surface area contributed by atoms with E-state index in [1.807, 2.05) is 13.8 Å². The van der Waals surface area contributed by atoms with Crippen LogP contribution in [0.25, 0.3) is 0 Å².